The van der Waals surface area contributed by atoms with E-state index in [1.54, 1.807) is 0 Å². The second kappa shape index (κ2) is 13.0. The molecular weight excluding hydrogens is 494 g/mol. The highest BCUT2D eigenvalue weighted by Crippen LogP contribution is 2.36. The average molecular weight is 530 g/mol. The molecule has 1 atom stereocenters. The van der Waals surface area contributed by atoms with Crippen molar-refractivity contribution >= 4 is 17.1 Å². The molecule has 0 aliphatic carbocycles. The fourth-order valence-corrected chi connectivity index (χ4v) is 4.45. The van der Waals surface area contributed by atoms with Crippen LogP contribution in [0.15, 0.2) is 133 Å². The Morgan fingerprint density at radius 3 is 1.68 bits per heavy atom. The molecule has 40 heavy (non-hydrogen) atoms. The molecule has 0 saturated carbocycles. The first-order valence-corrected chi connectivity index (χ1v) is 13.7. The molecule has 5 rings (SSSR count). The Bertz CT molecular complexity index is 1450. The average Bonchev–Trinajstić information content (AvgIpc) is 3.00. The maximum Gasteiger partial charge on any atom is 0.199 e. The molecule has 5 aromatic rings. The lowest BCUT2D eigenvalue weighted by molar-refractivity contribution is -0.0515. The van der Waals surface area contributed by atoms with Gasteiger partial charge in [0.05, 0.1) is 6.61 Å². The van der Waals surface area contributed by atoms with E-state index in [1.165, 1.54) is 11.1 Å². The van der Waals surface area contributed by atoms with Crippen LogP contribution in [0.1, 0.15) is 19.4 Å². The highest BCUT2D eigenvalue weighted by molar-refractivity contribution is 5.78. The van der Waals surface area contributed by atoms with Gasteiger partial charge in [0, 0.05) is 29.4 Å². The van der Waals surface area contributed by atoms with Gasteiger partial charge in [-0.1, -0.05) is 86.6 Å². The number of anilines is 3. The molecule has 0 bridgehead atoms. The number of rotatable bonds is 11. The van der Waals surface area contributed by atoms with Crippen LogP contribution in [0.5, 0.6) is 11.5 Å². The molecule has 1 N–H and O–H groups in total. The number of ether oxygens (including phenoxy) is 2. The smallest absolute Gasteiger partial charge is 0.199 e. The molecule has 4 nitrogen and oxygen atoms in total. The fraction of sp³-hybridized carbons (Fsp3) is 0.167. The molecule has 0 aromatic heterocycles. The Morgan fingerprint density at radius 2 is 1.07 bits per heavy atom. The van der Waals surface area contributed by atoms with E-state index in [0.29, 0.717) is 12.4 Å². The molecule has 202 valence electrons. The van der Waals surface area contributed by atoms with Crippen LogP contribution in [0.2, 0.25) is 0 Å². The van der Waals surface area contributed by atoms with Crippen molar-refractivity contribution in [3.63, 3.8) is 0 Å². The van der Waals surface area contributed by atoms with E-state index in [0.717, 1.165) is 34.8 Å². The third-order valence-electron chi connectivity index (χ3n) is 6.75. The van der Waals surface area contributed by atoms with Crippen LogP contribution >= 0.6 is 0 Å². The van der Waals surface area contributed by atoms with Crippen LogP contribution < -0.4 is 14.4 Å². The highest BCUT2D eigenvalue weighted by Gasteiger charge is 2.13. The van der Waals surface area contributed by atoms with Gasteiger partial charge < -0.3 is 19.5 Å². The number of hydrogen-bond donors (Lipinski definition) is 1. The van der Waals surface area contributed by atoms with Gasteiger partial charge in [0.1, 0.15) is 11.5 Å². The van der Waals surface area contributed by atoms with Crippen molar-refractivity contribution in [2.45, 2.75) is 26.6 Å². The SMILES string of the molecule is CC(C)C(O)Oc1ccc(CCOc2ccc(N(c3ccccc3)c3ccc(-c4ccccc4)cc3)cc2)cc1. The van der Waals surface area contributed by atoms with Crippen LogP contribution in [0.25, 0.3) is 11.1 Å². The quantitative estimate of drug-likeness (QED) is 0.174. The normalized spacial score (nSPS) is 11.7. The molecule has 1 unspecified atom stereocenters. The lowest BCUT2D eigenvalue weighted by Crippen LogP contribution is -2.21. The van der Waals surface area contributed by atoms with Crippen molar-refractivity contribution in [2.24, 2.45) is 5.92 Å². The summed E-state index contributed by atoms with van der Waals surface area (Å²) in [6.07, 6.45) is -0.0257. The predicted octanol–water partition coefficient (Wildman–Crippen LogP) is 8.80. The fourth-order valence-electron chi connectivity index (χ4n) is 4.45. The van der Waals surface area contributed by atoms with Crippen LogP contribution in [0, 0.1) is 5.92 Å². The molecule has 0 radical (unpaired) electrons. The van der Waals surface area contributed by atoms with Gasteiger partial charge in [-0.05, 0) is 77.4 Å². The maximum absolute atomic E-state index is 9.91. The number of para-hydroxylation sites is 1. The summed E-state index contributed by atoms with van der Waals surface area (Å²) < 4.78 is 11.6. The van der Waals surface area contributed by atoms with E-state index in [2.05, 4.69) is 89.8 Å². The minimum absolute atomic E-state index is 0.0411. The number of aliphatic hydroxyl groups excluding tert-OH is 1. The zero-order chi connectivity index (χ0) is 27.7. The van der Waals surface area contributed by atoms with Gasteiger partial charge in [-0.3, -0.25) is 0 Å². The van der Waals surface area contributed by atoms with Crippen molar-refractivity contribution in [3.05, 3.63) is 139 Å². The topological polar surface area (TPSA) is 41.9 Å². The molecule has 0 spiro atoms. The Morgan fingerprint density at radius 1 is 0.575 bits per heavy atom. The number of benzene rings is 5. The lowest BCUT2D eigenvalue weighted by atomic mass is 10.0. The van der Waals surface area contributed by atoms with Crippen molar-refractivity contribution in [3.8, 4) is 22.6 Å². The van der Waals surface area contributed by atoms with Crippen LogP contribution in [-0.4, -0.2) is 18.0 Å². The molecule has 0 aliphatic rings. The summed E-state index contributed by atoms with van der Waals surface area (Å²) >= 11 is 0. The molecule has 0 aliphatic heterocycles. The van der Waals surface area contributed by atoms with Crippen molar-refractivity contribution in [2.75, 3.05) is 11.5 Å². The van der Waals surface area contributed by atoms with E-state index in [4.69, 9.17) is 9.47 Å². The Kier molecular flexibility index (Phi) is 8.79. The van der Waals surface area contributed by atoms with E-state index in [-0.39, 0.29) is 5.92 Å². The molecule has 0 amide bonds. The molecule has 0 heterocycles. The number of nitrogens with zero attached hydrogens (tertiary/aromatic N) is 1. The van der Waals surface area contributed by atoms with Crippen molar-refractivity contribution in [1.29, 1.82) is 0 Å². The minimum Gasteiger partial charge on any atom is -0.493 e. The van der Waals surface area contributed by atoms with Gasteiger partial charge in [0.15, 0.2) is 6.29 Å². The number of hydrogen-bond acceptors (Lipinski definition) is 4. The van der Waals surface area contributed by atoms with Gasteiger partial charge >= 0.3 is 0 Å². The Labute approximate surface area is 237 Å². The van der Waals surface area contributed by atoms with Gasteiger partial charge in [-0.15, -0.1) is 0 Å². The lowest BCUT2D eigenvalue weighted by Gasteiger charge is -2.26. The van der Waals surface area contributed by atoms with E-state index in [9.17, 15) is 5.11 Å². The summed E-state index contributed by atoms with van der Waals surface area (Å²) in [4.78, 5) is 2.25. The number of aliphatic hydroxyl groups is 1. The van der Waals surface area contributed by atoms with Gasteiger partial charge in [0.25, 0.3) is 0 Å². The molecule has 5 aromatic carbocycles. The van der Waals surface area contributed by atoms with Gasteiger partial charge in [-0.25, -0.2) is 0 Å². The monoisotopic (exact) mass is 529 g/mol. The first-order chi connectivity index (χ1) is 19.6. The van der Waals surface area contributed by atoms with E-state index >= 15 is 0 Å². The van der Waals surface area contributed by atoms with Crippen molar-refractivity contribution in [1.82, 2.24) is 0 Å². The summed E-state index contributed by atoms with van der Waals surface area (Å²) in [6, 6.07) is 45.5. The summed E-state index contributed by atoms with van der Waals surface area (Å²) in [5.41, 5.74) is 6.79. The van der Waals surface area contributed by atoms with Crippen LogP contribution in [0.4, 0.5) is 17.1 Å². The summed E-state index contributed by atoms with van der Waals surface area (Å²) in [5.74, 6) is 1.54. The maximum atomic E-state index is 9.91. The Hall–Kier alpha value is -4.54. The van der Waals surface area contributed by atoms with Gasteiger partial charge in [-0.2, -0.15) is 0 Å². The van der Waals surface area contributed by atoms with Gasteiger partial charge in [0.2, 0.25) is 0 Å². The zero-order valence-corrected chi connectivity index (χ0v) is 23.0. The third kappa shape index (κ3) is 6.90. The van der Waals surface area contributed by atoms with Crippen LogP contribution in [-0.2, 0) is 6.42 Å². The first kappa shape index (κ1) is 27.0. The minimum atomic E-state index is -0.802. The largest absolute Gasteiger partial charge is 0.493 e. The molecule has 4 heteroatoms. The predicted molar refractivity (Wildman–Crippen MR) is 164 cm³/mol. The standard InChI is InChI=1S/C36H35NO3/c1-27(2)36(38)40-35-21-13-28(14-22-35)25-26-39-34-23-19-33(20-24-34)37(31-11-7-4-8-12-31)32-17-15-30(16-18-32)29-9-5-3-6-10-29/h3-24,27,36,38H,25-26H2,1-2H3. The van der Waals surface area contributed by atoms with E-state index < -0.39 is 6.29 Å². The summed E-state index contributed by atoms with van der Waals surface area (Å²) in [5, 5.41) is 9.91. The van der Waals surface area contributed by atoms with Crippen molar-refractivity contribution < 1.29 is 14.6 Å². The highest BCUT2D eigenvalue weighted by atomic mass is 16.6. The third-order valence-corrected chi connectivity index (χ3v) is 6.75. The van der Waals surface area contributed by atoms with E-state index in [1.807, 2.05) is 62.4 Å². The van der Waals surface area contributed by atoms with Crippen LogP contribution in [0.3, 0.4) is 0 Å². The molecule has 0 fully saturated rings. The second-order valence-electron chi connectivity index (χ2n) is 10.1. The summed E-state index contributed by atoms with van der Waals surface area (Å²) in [7, 11) is 0. The molecule has 0 saturated heterocycles. The first-order valence-electron chi connectivity index (χ1n) is 13.7. The summed E-state index contributed by atoms with van der Waals surface area (Å²) in [6.45, 7) is 4.41. The zero-order valence-electron chi connectivity index (χ0n) is 23.0. The Balaban J connectivity index is 1.25. The second-order valence-corrected chi connectivity index (χ2v) is 10.1. The molecular formula is C36H35NO3.